The van der Waals surface area contributed by atoms with Gasteiger partial charge in [0.15, 0.2) is 0 Å². The van der Waals surface area contributed by atoms with Crippen molar-refractivity contribution in [3.8, 4) is 0 Å². The second kappa shape index (κ2) is 4.77. The van der Waals surface area contributed by atoms with Crippen molar-refractivity contribution in [2.45, 2.75) is 25.2 Å². The normalized spacial score (nSPS) is 28.8. The highest BCUT2D eigenvalue weighted by Crippen LogP contribution is 2.40. The summed E-state index contributed by atoms with van der Waals surface area (Å²) in [7, 11) is 2.26. The molecule has 0 N–H and O–H groups in total. The molecule has 1 nitrogen and oxygen atoms in total. The molecule has 0 amide bonds. The lowest BCUT2D eigenvalue weighted by molar-refractivity contribution is 0.169. The van der Waals surface area contributed by atoms with E-state index in [9.17, 15) is 0 Å². The molecule has 2 aliphatic rings. The van der Waals surface area contributed by atoms with E-state index in [1.54, 1.807) is 11.1 Å². The summed E-state index contributed by atoms with van der Waals surface area (Å²) in [6.07, 6.45) is 4.05. The van der Waals surface area contributed by atoms with Gasteiger partial charge in [-0.1, -0.05) is 24.3 Å². The van der Waals surface area contributed by atoms with Crippen LogP contribution in [0.3, 0.4) is 0 Å². The van der Waals surface area contributed by atoms with Gasteiger partial charge < -0.3 is 4.90 Å². The summed E-state index contributed by atoms with van der Waals surface area (Å²) < 4.78 is 0. The number of benzene rings is 1. The number of piperidine rings is 1. The van der Waals surface area contributed by atoms with E-state index in [1.165, 1.54) is 32.4 Å². The molecule has 1 aliphatic heterocycles. The molecule has 0 saturated carbocycles. The Labute approximate surface area is 104 Å². The van der Waals surface area contributed by atoms with Crippen LogP contribution < -0.4 is 0 Å². The van der Waals surface area contributed by atoms with E-state index in [4.69, 9.17) is 0 Å². The predicted molar refractivity (Wildman–Crippen MR) is 70.4 cm³/mol. The zero-order valence-corrected chi connectivity index (χ0v) is 10.7. The van der Waals surface area contributed by atoms with E-state index in [1.807, 2.05) is 0 Å². The first-order valence-electron chi connectivity index (χ1n) is 6.11. The topological polar surface area (TPSA) is 3.24 Å². The molecule has 0 aromatic heterocycles. The van der Waals surface area contributed by atoms with Crippen molar-refractivity contribution in [1.82, 2.24) is 4.90 Å². The van der Waals surface area contributed by atoms with E-state index in [0.29, 0.717) is 0 Å². The first-order chi connectivity index (χ1) is 7.34. The first kappa shape index (κ1) is 11.9. The van der Waals surface area contributed by atoms with Crippen LogP contribution in [0.15, 0.2) is 24.3 Å². The highest BCUT2D eigenvalue weighted by atomic mass is 35.5. The average Bonchev–Trinajstić information content (AvgIpc) is 2.28. The minimum absolute atomic E-state index is 0. The van der Waals surface area contributed by atoms with Gasteiger partial charge in [0.2, 0.25) is 0 Å². The number of nitrogens with zero attached hydrogens (tertiary/aromatic N) is 1. The van der Waals surface area contributed by atoms with Gasteiger partial charge in [0, 0.05) is 6.54 Å². The van der Waals surface area contributed by atoms with Crippen LogP contribution in [-0.2, 0) is 6.42 Å². The molecule has 0 unspecified atom stereocenters. The summed E-state index contributed by atoms with van der Waals surface area (Å²) >= 11 is 0. The maximum atomic E-state index is 2.50. The Hall–Kier alpha value is -0.530. The molecule has 3 rings (SSSR count). The second-order valence-corrected chi connectivity index (χ2v) is 5.15. The summed E-state index contributed by atoms with van der Waals surface area (Å²) in [5, 5.41) is 0. The number of fused-ring (bicyclic) bond motifs is 3. The third kappa shape index (κ3) is 1.99. The summed E-state index contributed by atoms with van der Waals surface area (Å²) in [4.78, 5) is 2.50. The molecule has 0 bridgehead atoms. The third-order valence-corrected chi connectivity index (χ3v) is 4.18. The first-order valence-corrected chi connectivity index (χ1v) is 6.11. The zero-order chi connectivity index (χ0) is 10.3. The number of likely N-dealkylation sites (tertiary alicyclic amines) is 1. The van der Waals surface area contributed by atoms with Gasteiger partial charge in [-0.2, -0.15) is 0 Å². The van der Waals surface area contributed by atoms with Crippen LogP contribution in [0.1, 0.15) is 29.9 Å². The van der Waals surface area contributed by atoms with Crippen molar-refractivity contribution < 1.29 is 0 Å². The molecule has 1 aromatic rings. The molecule has 88 valence electrons. The maximum absolute atomic E-state index is 2.50. The number of rotatable bonds is 0. The van der Waals surface area contributed by atoms with Crippen LogP contribution in [0.2, 0.25) is 0 Å². The second-order valence-electron chi connectivity index (χ2n) is 5.15. The lowest BCUT2D eigenvalue weighted by atomic mass is 9.72. The summed E-state index contributed by atoms with van der Waals surface area (Å²) in [6.45, 7) is 2.58. The number of hydrogen-bond donors (Lipinski definition) is 0. The maximum Gasteiger partial charge on any atom is 0.00126 e. The van der Waals surface area contributed by atoms with E-state index in [2.05, 4.69) is 36.2 Å². The predicted octanol–water partition coefficient (Wildman–Crippen LogP) is 3.09. The molecule has 0 radical (unpaired) electrons. The van der Waals surface area contributed by atoms with Crippen LogP contribution in [0.5, 0.6) is 0 Å². The standard InChI is InChI=1S/C14H19N.ClH/c1-15-9-8-14-12(10-15)7-6-11-4-2-3-5-13(11)14;/h2-5,12,14H,6-10H2,1H3;1H/t12-,14+;/m0./s1. The fraction of sp³-hybridized carbons (Fsp3) is 0.571. The van der Waals surface area contributed by atoms with Gasteiger partial charge >= 0.3 is 0 Å². The zero-order valence-electron chi connectivity index (χ0n) is 9.86. The van der Waals surface area contributed by atoms with Gasteiger partial charge in [-0.3, -0.25) is 0 Å². The number of aryl methyl sites for hydroxylation is 1. The summed E-state index contributed by atoms with van der Waals surface area (Å²) in [6, 6.07) is 9.08. The minimum atomic E-state index is 0. The van der Waals surface area contributed by atoms with E-state index in [-0.39, 0.29) is 12.4 Å². The molecule has 16 heavy (non-hydrogen) atoms. The molecule has 2 atom stereocenters. The van der Waals surface area contributed by atoms with Crippen molar-refractivity contribution in [1.29, 1.82) is 0 Å². The molecule has 1 heterocycles. The molecule has 1 aliphatic carbocycles. The van der Waals surface area contributed by atoms with Crippen LogP contribution >= 0.6 is 12.4 Å². The summed E-state index contributed by atoms with van der Waals surface area (Å²) in [5.41, 5.74) is 3.27. The number of halogens is 1. The third-order valence-electron chi connectivity index (χ3n) is 4.18. The molecule has 0 spiro atoms. The van der Waals surface area contributed by atoms with Gasteiger partial charge in [-0.15, -0.1) is 12.4 Å². The summed E-state index contributed by atoms with van der Waals surface area (Å²) in [5.74, 6) is 1.77. The van der Waals surface area contributed by atoms with E-state index in [0.717, 1.165) is 11.8 Å². The van der Waals surface area contributed by atoms with Crippen molar-refractivity contribution in [2.24, 2.45) is 5.92 Å². The average molecular weight is 238 g/mol. The van der Waals surface area contributed by atoms with E-state index >= 15 is 0 Å². The Balaban J connectivity index is 0.000000963. The lowest BCUT2D eigenvalue weighted by Crippen LogP contribution is -2.39. The quantitative estimate of drug-likeness (QED) is 0.670. The van der Waals surface area contributed by atoms with Crippen LogP contribution in [0.25, 0.3) is 0 Å². The van der Waals surface area contributed by atoms with Crippen molar-refractivity contribution >= 4 is 12.4 Å². The molecular weight excluding hydrogens is 218 g/mol. The van der Waals surface area contributed by atoms with Gasteiger partial charge in [0.25, 0.3) is 0 Å². The SMILES string of the molecule is CN1CC[C@H]2c3ccccc3CC[C@H]2C1.Cl. The Kier molecular flexibility index (Phi) is 3.56. The molecule has 2 heteroatoms. The Morgan fingerprint density at radius 2 is 2.00 bits per heavy atom. The fourth-order valence-electron chi connectivity index (χ4n) is 3.38. The monoisotopic (exact) mass is 237 g/mol. The Bertz CT molecular complexity index is 364. The molecule has 1 fully saturated rings. The smallest absolute Gasteiger partial charge is 0.00126 e. The molecule has 1 aromatic carbocycles. The Morgan fingerprint density at radius 3 is 2.88 bits per heavy atom. The van der Waals surface area contributed by atoms with Crippen molar-refractivity contribution in [3.63, 3.8) is 0 Å². The fourth-order valence-corrected chi connectivity index (χ4v) is 3.38. The molecule has 1 saturated heterocycles. The minimum Gasteiger partial charge on any atom is -0.306 e. The van der Waals surface area contributed by atoms with Crippen molar-refractivity contribution in [2.75, 3.05) is 20.1 Å². The highest BCUT2D eigenvalue weighted by Gasteiger charge is 2.32. The lowest BCUT2D eigenvalue weighted by Gasteiger charge is -2.41. The largest absolute Gasteiger partial charge is 0.306 e. The van der Waals surface area contributed by atoms with Crippen LogP contribution in [0, 0.1) is 5.92 Å². The van der Waals surface area contributed by atoms with Gasteiger partial charge in [0.05, 0.1) is 0 Å². The van der Waals surface area contributed by atoms with Gasteiger partial charge in [0.1, 0.15) is 0 Å². The van der Waals surface area contributed by atoms with Gasteiger partial charge in [-0.05, 0) is 55.8 Å². The Morgan fingerprint density at radius 1 is 1.19 bits per heavy atom. The van der Waals surface area contributed by atoms with Crippen LogP contribution in [0.4, 0.5) is 0 Å². The highest BCUT2D eigenvalue weighted by molar-refractivity contribution is 5.85. The molecular formula is C14H20ClN. The van der Waals surface area contributed by atoms with E-state index < -0.39 is 0 Å². The van der Waals surface area contributed by atoms with Crippen LogP contribution in [-0.4, -0.2) is 25.0 Å². The van der Waals surface area contributed by atoms with Gasteiger partial charge in [-0.25, -0.2) is 0 Å². The van der Waals surface area contributed by atoms with Crippen molar-refractivity contribution in [3.05, 3.63) is 35.4 Å². The number of hydrogen-bond acceptors (Lipinski definition) is 1.